The number of benzene rings is 2. The molecule has 0 aliphatic carbocycles. The summed E-state index contributed by atoms with van der Waals surface area (Å²) < 4.78 is 5.35. The smallest absolute Gasteiger partial charge is 0.313 e. The Labute approximate surface area is 165 Å². The molecule has 1 heterocycles. The highest BCUT2D eigenvalue weighted by Gasteiger charge is 2.29. The van der Waals surface area contributed by atoms with Gasteiger partial charge in [0.15, 0.2) is 5.75 Å². The fourth-order valence-corrected chi connectivity index (χ4v) is 3.75. The van der Waals surface area contributed by atoms with Crippen LogP contribution in [-0.2, 0) is 9.59 Å². The molecule has 0 N–H and O–H groups in total. The summed E-state index contributed by atoms with van der Waals surface area (Å²) in [5, 5.41) is 0.625. The predicted molar refractivity (Wildman–Crippen MR) is 102 cm³/mol. The molecule has 26 heavy (non-hydrogen) atoms. The first-order valence-corrected chi connectivity index (χ1v) is 8.91. The second-order valence-corrected chi connectivity index (χ2v) is 7.01. The van der Waals surface area contributed by atoms with E-state index in [9.17, 15) is 9.59 Å². The van der Waals surface area contributed by atoms with Crippen molar-refractivity contribution in [3.8, 4) is 5.75 Å². The van der Waals surface area contributed by atoms with E-state index in [0.717, 1.165) is 11.1 Å². The number of carbonyl (C=O) groups is 2. The van der Waals surface area contributed by atoms with E-state index in [-0.39, 0.29) is 28.1 Å². The zero-order valence-corrected chi connectivity index (χ0v) is 16.0. The Kier molecular flexibility index (Phi) is 5.56. The molecule has 1 unspecified atom stereocenters. The molecule has 0 saturated heterocycles. The second-order valence-electron chi connectivity index (χ2n) is 5.76. The molecule has 0 spiro atoms. The Hall–Kier alpha value is -2.01. The molecule has 4 nitrogen and oxygen atoms in total. The van der Waals surface area contributed by atoms with Crippen molar-refractivity contribution in [2.45, 2.75) is 19.4 Å². The summed E-state index contributed by atoms with van der Waals surface area (Å²) in [6, 6.07) is 9.99. The molecular weight excluding hydrogens is 397 g/mol. The van der Waals surface area contributed by atoms with E-state index in [0.29, 0.717) is 5.02 Å². The first kappa shape index (κ1) is 18.8. The van der Waals surface area contributed by atoms with Gasteiger partial charge < -0.3 is 9.64 Å². The van der Waals surface area contributed by atoms with Crippen molar-refractivity contribution in [2.24, 2.45) is 0 Å². The van der Waals surface area contributed by atoms with E-state index >= 15 is 0 Å². The highest BCUT2D eigenvalue weighted by Crippen LogP contribution is 2.37. The summed E-state index contributed by atoms with van der Waals surface area (Å²) in [5.41, 5.74) is 1.82. The zero-order valence-electron chi connectivity index (χ0n) is 13.7. The summed E-state index contributed by atoms with van der Waals surface area (Å²) in [4.78, 5) is 26.0. The van der Waals surface area contributed by atoms with Gasteiger partial charge in [-0.1, -0.05) is 59.1 Å². The molecule has 0 bridgehead atoms. The van der Waals surface area contributed by atoms with Crippen LogP contribution in [0.5, 0.6) is 5.75 Å². The molecule has 0 radical (unpaired) electrons. The Bertz CT molecular complexity index is 888. The molecule has 1 aliphatic rings. The van der Waals surface area contributed by atoms with Crippen LogP contribution in [0, 0.1) is 0 Å². The van der Waals surface area contributed by atoms with Crippen molar-refractivity contribution in [3.63, 3.8) is 0 Å². The molecule has 134 valence electrons. The normalized spacial score (nSPS) is 15.5. The van der Waals surface area contributed by atoms with Gasteiger partial charge in [-0.3, -0.25) is 9.59 Å². The van der Waals surface area contributed by atoms with Crippen molar-refractivity contribution in [2.75, 3.05) is 0 Å². The third-order valence-electron chi connectivity index (χ3n) is 4.01. The van der Waals surface area contributed by atoms with E-state index in [1.165, 1.54) is 24.0 Å². The van der Waals surface area contributed by atoms with Crippen molar-refractivity contribution in [1.29, 1.82) is 0 Å². The first-order valence-electron chi connectivity index (χ1n) is 7.78. The number of ether oxygens (including phenoxy) is 1. The monoisotopic (exact) mass is 409 g/mol. The van der Waals surface area contributed by atoms with Gasteiger partial charge in [0.1, 0.15) is 0 Å². The van der Waals surface area contributed by atoms with Gasteiger partial charge >= 0.3 is 5.97 Å². The second kappa shape index (κ2) is 7.70. The number of halogens is 3. The summed E-state index contributed by atoms with van der Waals surface area (Å²) in [5.74, 6) is -0.676. The maximum atomic E-state index is 12.5. The molecule has 2 aromatic carbocycles. The molecule has 1 atom stereocenters. The van der Waals surface area contributed by atoms with Crippen molar-refractivity contribution >= 4 is 52.8 Å². The van der Waals surface area contributed by atoms with Gasteiger partial charge in [-0.2, -0.15) is 0 Å². The topological polar surface area (TPSA) is 46.6 Å². The minimum atomic E-state index is -0.558. The average molecular weight is 411 g/mol. The lowest BCUT2D eigenvalue weighted by molar-refractivity contribution is -0.137. The third kappa shape index (κ3) is 3.88. The fraction of sp³-hybridized carbons (Fsp3) is 0.158. The molecule has 3 rings (SSSR count). The molecule has 1 amide bonds. The molecular formula is C19H14Cl3NO3. The van der Waals surface area contributed by atoms with Gasteiger partial charge in [0.05, 0.1) is 22.5 Å². The van der Waals surface area contributed by atoms with Gasteiger partial charge in [0, 0.05) is 18.1 Å². The number of carbonyl (C=O) groups excluding carboxylic acids is 2. The van der Waals surface area contributed by atoms with E-state index in [1.807, 2.05) is 30.3 Å². The number of nitrogens with zero attached hydrogens (tertiary/aromatic N) is 1. The number of rotatable bonds is 3. The summed E-state index contributed by atoms with van der Waals surface area (Å²) in [6.45, 7) is 1.45. The van der Waals surface area contributed by atoms with E-state index < -0.39 is 12.0 Å². The van der Waals surface area contributed by atoms with Crippen molar-refractivity contribution in [1.82, 2.24) is 4.90 Å². The summed E-state index contributed by atoms with van der Waals surface area (Å²) >= 11 is 18.0. The molecule has 0 saturated carbocycles. The predicted octanol–water partition coefficient (Wildman–Crippen LogP) is 5.52. The van der Waals surface area contributed by atoms with Gasteiger partial charge in [0.25, 0.3) is 0 Å². The number of esters is 1. The van der Waals surface area contributed by atoms with Gasteiger partial charge in [-0.05, 0) is 29.3 Å². The van der Waals surface area contributed by atoms with E-state index in [2.05, 4.69) is 0 Å². The number of amides is 1. The Morgan fingerprint density at radius 1 is 1.12 bits per heavy atom. The number of hydrogen-bond acceptors (Lipinski definition) is 3. The van der Waals surface area contributed by atoms with Crippen LogP contribution in [0.4, 0.5) is 0 Å². The third-order valence-corrected chi connectivity index (χ3v) is 4.79. The lowest BCUT2D eigenvalue weighted by Gasteiger charge is -2.32. The fourth-order valence-electron chi connectivity index (χ4n) is 2.85. The largest absolute Gasteiger partial charge is 0.423 e. The Morgan fingerprint density at radius 3 is 2.42 bits per heavy atom. The Balaban J connectivity index is 1.85. The van der Waals surface area contributed by atoms with Gasteiger partial charge in [-0.15, -0.1) is 0 Å². The lowest BCUT2D eigenvalue weighted by Crippen LogP contribution is -2.33. The standard InChI is InChI=1S/C19H14Cl3NO3/c1-11(24)23-7-6-12-4-2-3-5-14(12)17(23)10-18(25)26-19-15(21)8-13(20)9-16(19)22/h2-9,17H,10H2,1H3. The molecule has 2 aromatic rings. The first-order chi connectivity index (χ1) is 12.4. The van der Waals surface area contributed by atoms with Crippen LogP contribution in [0.3, 0.4) is 0 Å². The van der Waals surface area contributed by atoms with E-state index in [1.54, 1.807) is 6.20 Å². The average Bonchev–Trinajstić information content (AvgIpc) is 2.58. The maximum absolute atomic E-state index is 12.5. The number of fused-ring (bicyclic) bond motifs is 1. The zero-order chi connectivity index (χ0) is 18.8. The van der Waals surface area contributed by atoms with Crippen LogP contribution < -0.4 is 4.74 Å². The molecule has 0 aromatic heterocycles. The summed E-state index contributed by atoms with van der Waals surface area (Å²) in [7, 11) is 0. The quantitative estimate of drug-likeness (QED) is 0.494. The van der Waals surface area contributed by atoms with Crippen LogP contribution in [0.2, 0.25) is 15.1 Å². The maximum Gasteiger partial charge on any atom is 0.313 e. The summed E-state index contributed by atoms with van der Waals surface area (Å²) in [6.07, 6.45) is 3.46. The molecule has 1 aliphatic heterocycles. The highest BCUT2D eigenvalue weighted by molar-refractivity contribution is 6.40. The minimum absolute atomic E-state index is 0.0454. The van der Waals surface area contributed by atoms with Crippen LogP contribution in [0.1, 0.15) is 30.5 Å². The SMILES string of the molecule is CC(=O)N1C=Cc2ccccc2C1CC(=O)Oc1c(Cl)cc(Cl)cc1Cl. The number of hydrogen-bond donors (Lipinski definition) is 0. The van der Waals surface area contributed by atoms with Gasteiger partial charge in [0.2, 0.25) is 5.91 Å². The van der Waals surface area contributed by atoms with E-state index in [4.69, 9.17) is 39.5 Å². The van der Waals surface area contributed by atoms with Gasteiger partial charge in [-0.25, -0.2) is 0 Å². The molecule has 7 heteroatoms. The van der Waals surface area contributed by atoms with Crippen LogP contribution in [-0.4, -0.2) is 16.8 Å². The van der Waals surface area contributed by atoms with Crippen LogP contribution in [0.15, 0.2) is 42.6 Å². The minimum Gasteiger partial charge on any atom is -0.423 e. The van der Waals surface area contributed by atoms with Crippen molar-refractivity contribution in [3.05, 3.63) is 68.8 Å². The van der Waals surface area contributed by atoms with Crippen LogP contribution >= 0.6 is 34.8 Å². The molecule has 0 fully saturated rings. The Morgan fingerprint density at radius 2 is 1.77 bits per heavy atom. The lowest BCUT2D eigenvalue weighted by atomic mass is 9.94. The van der Waals surface area contributed by atoms with Crippen LogP contribution in [0.25, 0.3) is 6.08 Å². The highest BCUT2D eigenvalue weighted by atomic mass is 35.5. The van der Waals surface area contributed by atoms with Crippen molar-refractivity contribution < 1.29 is 14.3 Å².